The van der Waals surface area contributed by atoms with Gasteiger partial charge in [0.1, 0.15) is 12.3 Å². The molecule has 7 heteroatoms. The van der Waals surface area contributed by atoms with Crippen LogP contribution in [0.15, 0.2) is 65.2 Å². The molecule has 0 bridgehead atoms. The van der Waals surface area contributed by atoms with E-state index in [1.165, 1.54) is 0 Å². The van der Waals surface area contributed by atoms with Crippen LogP contribution < -0.4 is 10.1 Å². The molecule has 0 radical (unpaired) electrons. The number of ether oxygens (including phenoxy) is 2. The number of carbonyl (C=O) groups is 2. The minimum absolute atomic E-state index is 0.106. The molecule has 0 fully saturated rings. The zero-order valence-corrected chi connectivity index (χ0v) is 16.8. The predicted molar refractivity (Wildman–Crippen MR) is 111 cm³/mol. The summed E-state index contributed by atoms with van der Waals surface area (Å²) < 4.78 is 16.2. The molecule has 0 unspecified atom stereocenters. The number of oxazole rings is 1. The number of hydrogen-bond acceptors (Lipinski definition) is 6. The Hall–Kier alpha value is -3.61. The van der Waals surface area contributed by atoms with Crippen LogP contribution >= 0.6 is 0 Å². The summed E-state index contributed by atoms with van der Waals surface area (Å²) in [7, 11) is 0. The first-order valence-corrected chi connectivity index (χ1v) is 9.82. The Bertz CT molecular complexity index is 951. The van der Waals surface area contributed by atoms with Crippen LogP contribution in [-0.4, -0.2) is 30.0 Å². The van der Waals surface area contributed by atoms with E-state index in [1.54, 1.807) is 30.5 Å². The van der Waals surface area contributed by atoms with Gasteiger partial charge in [0, 0.05) is 11.1 Å². The smallest absolute Gasteiger partial charge is 0.325 e. The lowest BCUT2D eigenvalue weighted by molar-refractivity contribution is -0.144. The van der Waals surface area contributed by atoms with E-state index in [2.05, 4.69) is 17.2 Å². The van der Waals surface area contributed by atoms with Gasteiger partial charge in [-0.15, -0.1) is 0 Å². The van der Waals surface area contributed by atoms with Crippen LogP contribution in [0.3, 0.4) is 0 Å². The van der Waals surface area contributed by atoms with Crippen LogP contribution in [0.4, 0.5) is 0 Å². The van der Waals surface area contributed by atoms with Crippen LogP contribution in [0.5, 0.6) is 5.75 Å². The minimum Gasteiger partial charge on any atom is -0.494 e. The average Bonchev–Trinajstić information content (AvgIpc) is 3.26. The molecule has 0 aliphatic rings. The van der Waals surface area contributed by atoms with Gasteiger partial charge in [0.25, 0.3) is 5.91 Å². The van der Waals surface area contributed by atoms with Gasteiger partial charge in [0.2, 0.25) is 5.89 Å². The summed E-state index contributed by atoms with van der Waals surface area (Å²) >= 11 is 0. The molecule has 7 nitrogen and oxygen atoms in total. The van der Waals surface area contributed by atoms with Gasteiger partial charge in [-0.1, -0.05) is 43.7 Å². The maximum Gasteiger partial charge on any atom is 0.325 e. The molecule has 0 spiro atoms. The molecule has 2 aromatic carbocycles. The number of hydrogen-bond donors (Lipinski definition) is 1. The fourth-order valence-electron chi connectivity index (χ4n) is 2.60. The van der Waals surface area contributed by atoms with E-state index in [4.69, 9.17) is 13.9 Å². The summed E-state index contributed by atoms with van der Waals surface area (Å²) in [6.07, 6.45) is 3.61. The number of benzene rings is 2. The van der Waals surface area contributed by atoms with Crippen molar-refractivity contribution in [3.8, 4) is 17.1 Å². The maximum atomic E-state index is 12.2. The van der Waals surface area contributed by atoms with E-state index in [0.717, 1.165) is 18.4 Å². The lowest BCUT2D eigenvalue weighted by Crippen LogP contribution is -2.30. The Morgan fingerprint density at radius 2 is 1.83 bits per heavy atom. The van der Waals surface area contributed by atoms with Gasteiger partial charge in [-0.2, -0.15) is 0 Å². The average molecular weight is 408 g/mol. The normalized spacial score (nSPS) is 10.4. The fraction of sp³-hybridized carbons (Fsp3) is 0.261. The fourth-order valence-corrected chi connectivity index (χ4v) is 2.60. The molecule has 3 rings (SSSR count). The Balaban J connectivity index is 1.41. The molecular weight excluding hydrogens is 384 g/mol. The first-order valence-electron chi connectivity index (χ1n) is 9.82. The van der Waals surface area contributed by atoms with Crippen LogP contribution in [-0.2, 0) is 16.1 Å². The Labute approximate surface area is 175 Å². The Kier molecular flexibility index (Phi) is 7.60. The highest BCUT2D eigenvalue weighted by molar-refractivity contribution is 5.96. The van der Waals surface area contributed by atoms with Crippen LogP contribution in [0.2, 0.25) is 0 Å². The van der Waals surface area contributed by atoms with E-state index in [0.29, 0.717) is 23.7 Å². The maximum absolute atomic E-state index is 12.2. The summed E-state index contributed by atoms with van der Waals surface area (Å²) in [5, 5.41) is 2.53. The summed E-state index contributed by atoms with van der Waals surface area (Å²) in [5.74, 6) is 0.640. The Morgan fingerprint density at radius 1 is 1.07 bits per heavy atom. The molecular formula is C23H24N2O5. The molecule has 0 saturated carbocycles. The Morgan fingerprint density at radius 3 is 2.57 bits per heavy atom. The predicted octanol–water partition coefficient (Wildman–Crippen LogP) is 3.99. The summed E-state index contributed by atoms with van der Waals surface area (Å²) in [6.45, 7) is 2.38. The molecule has 1 aromatic heterocycles. The van der Waals surface area contributed by atoms with Crippen molar-refractivity contribution < 1.29 is 23.5 Å². The van der Waals surface area contributed by atoms with Crippen molar-refractivity contribution in [2.75, 3.05) is 13.2 Å². The summed E-state index contributed by atoms with van der Waals surface area (Å²) in [6, 6.07) is 16.3. The standard InChI is InChI=1S/C23H24N2O5/c1-2-3-13-28-19-11-9-18(10-12-19)23(27)25-15-22(26)29-16-21-24-14-20(30-21)17-7-5-4-6-8-17/h4-12,14H,2-3,13,15-16H2,1H3,(H,25,27). The van der Waals surface area contributed by atoms with Crippen molar-refractivity contribution in [2.24, 2.45) is 0 Å². The van der Waals surface area contributed by atoms with E-state index < -0.39 is 5.97 Å². The number of amides is 1. The second kappa shape index (κ2) is 10.8. The van der Waals surface area contributed by atoms with Crippen molar-refractivity contribution in [1.82, 2.24) is 10.3 Å². The zero-order valence-electron chi connectivity index (χ0n) is 16.8. The molecule has 0 atom stereocenters. The third kappa shape index (κ3) is 6.20. The number of unbranched alkanes of at least 4 members (excludes halogenated alkanes) is 1. The van der Waals surface area contributed by atoms with Crippen molar-refractivity contribution in [3.63, 3.8) is 0 Å². The number of esters is 1. The van der Waals surface area contributed by atoms with Crippen molar-refractivity contribution in [2.45, 2.75) is 26.4 Å². The van der Waals surface area contributed by atoms with Gasteiger partial charge in [-0.05, 0) is 30.7 Å². The van der Waals surface area contributed by atoms with Crippen LogP contribution in [0.1, 0.15) is 36.0 Å². The topological polar surface area (TPSA) is 90.7 Å². The third-order valence-electron chi connectivity index (χ3n) is 4.24. The van der Waals surface area contributed by atoms with Crippen molar-refractivity contribution in [3.05, 3.63) is 72.2 Å². The third-order valence-corrected chi connectivity index (χ3v) is 4.24. The highest BCUT2D eigenvalue weighted by Crippen LogP contribution is 2.20. The van der Waals surface area contributed by atoms with Crippen molar-refractivity contribution in [1.29, 1.82) is 0 Å². The van der Waals surface area contributed by atoms with E-state index in [1.807, 2.05) is 30.3 Å². The van der Waals surface area contributed by atoms with E-state index in [9.17, 15) is 9.59 Å². The molecule has 0 saturated heterocycles. The second-order valence-corrected chi connectivity index (χ2v) is 6.55. The molecule has 3 aromatic rings. The summed E-state index contributed by atoms with van der Waals surface area (Å²) in [5.41, 5.74) is 1.32. The van der Waals surface area contributed by atoms with Crippen molar-refractivity contribution >= 4 is 11.9 Å². The van der Waals surface area contributed by atoms with Crippen LogP contribution in [0, 0.1) is 0 Å². The van der Waals surface area contributed by atoms with Gasteiger partial charge in [0.05, 0.1) is 12.8 Å². The van der Waals surface area contributed by atoms with E-state index in [-0.39, 0.29) is 24.9 Å². The number of nitrogens with one attached hydrogen (secondary N) is 1. The number of aromatic nitrogens is 1. The quantitative estimate of drug-likeness (QED) is 0.403. The van der Waals surface area contributed by atoms with Crippen LogP contribution in [0.25, 0.3) is 11.3 Å². The summed E-state index contributed by atoms with van der Waals surface area (Å²) in [4.78, 5) is 28.2. The monoisotopic (exact) mass is 408 g/mol. The van der Waals surface area contributed by atoms with Gasteiger partial charge in [0.15, 0.2) is 12.4 Å². The second-order valence-electron chi connectivity index (χ2n) is 6.55. The van der Waals surface area contributed by atoms with Gasteiger partial charge >= 0.3 is 5.97 Å². The molecule has 30 heavy (non-hydrogen) atoms. The van der Waals surface area contributed by atoms with Gasteiger partial charge in [-0.25, -0.2) is 4.98 Å². The van der Waals surface area contributed by atoms with Gasteiger partial charge < -0.3 is 19.2 Å². The van der Waals surface area contributed by atoms with Gasteiger partial charge in [-0.3, -0.25) is 9.59 Å². The lowest BCUT2D eigenvalue weighted by Gasteiger charge is -2.07. The minimum atomic E-state index is -0.581. The molecule has 0 aliphatic heterocycles. The number of rotatable bonds is 10. The lowest BCUT2D eigenvalue weighted by atomic mass is 10.2. The molecule has 1 amide bonds. The highest BCUT2D eigenvalue weighted by Gasteiger charge is 2.12. The number of nitrogens with zero attached hydrogens (tertiary/aromatic N) is 1. The molecule has 1 N–H and O–H groups in total. The zero-order chi connectivity index (χ0) is 21.2. The first kappa shape index (κ1) is 21.1. The molecule has 1 heterocycles. The number of carbonyl (C=O) groups excluding carboxylic acids is 2. The molecule has 0 aliphatic carbocycles. The SMILES string of the molecule is CCCCOc1ccc(C(=O)NCC(=O)OCc2ncc(-c3ccccc3)o2)cc1. The largest absolute Gasteiger partial charge is 0.494 e. The van der Waals surface area contributed by atoms with E-state index >= 15 is 0 Å². The molecule has 156 valence electrons. The highest BCUT2D eigenvalue weighted by atomic mass is 16.5. The first-order chi connectivity index (χ1) is 14.7.